The molecule has 2 unspecified atom stereocenters. The van der Waals surface area contributed by atoms with Gasteiger partial charge >= 0.3 is 0 Å². The summed E-state index contributed by atoms with van der Waals surface area (Å²) in [6.07, 6.45) is 1.38. The molecule has 2 atom stereocenters. The number of likely N-dealkylation sites (N-methyl/N-ethyl adjacent to an activating group) is 2. The topological polar surface area (TPSA) is 197 Å². The Morgan fingerprint density at radius 3 is 2.40 bits per heavy atom. The first-order valence-corrected chi connectivity index (χ1v) is 27.3. The fourth-order valence-electron chi connectivity index (χ4n) is 10.1. The SMILES string of the molecule is CCC(C)(CCON(C)CCC(=O)NCCN1CCN(c2ccc3nc(-c4c(N)c5c(F)cccc5[nH]c4=O)[nH]c3c2)CC1)C(=O)Nc1ccsc1-c1cccc(-c2ccc(CN(C)C(C(=O)NC)c3ccccc3)cc2)c1. The van der Waals surface area contributed by atoms with Gasteiger partial charge in [0, 0.05) is 84.0 Å². The molecule has 0 bridgehead atoms. The van der Waals surface area contributed by atoms with E-state index in [0.717, 1.165) is 82.3 Å². The van der Waals surface area contributed by atoms with Gasteiger partial charge in [0.1, 0.15) is 23.2 Å². The first-order valence-electron chi connectivity index (χ1n) is 26.5. The Hall–Kier alpha value is -7.74. The van der Waals surface area contributed by atoms with E-state index in [1.165, 1.54) is 12.1 Å². The zero-order chi connectivity index (χ0) is 54.9. The van der Waals surface area contributed by atoms with E-state index >= 15 is 0 Å². The van der Waals surface area contributed by atoms with Crippen LogP contribution in [-0.2, 0) is 25.8 Å². The molecular weight excluding hydrogens is 1010 g/mol. The smallest absolute Gasteiger partial charge is 0.261 e. The molecule has 3 aromatic heterocycles. The Balaban J connectivity index is 0.690. The summed E-state index contributed by atoms with van der Waals surface area (Å²) in [5, 5.41) is 12.9. The highest BCUT2D eigenvalue weighted by Gasteiger charge is 2.32. The number of carbonyl (C=O) groups is 3. The number of fused-ring (bicyclic) bond motifs is 2. The van der Waals surface area contributed by atoms with Gasteiger partial charge in [0.25, 0.3) is 5.56 Å². The number of imidazole rings is 1. The number of thiophene rings is 1. The molecule has 0 spiro atoms. The lowest BCUT2D eigenvalue weighted by Crippen LogP contribution is -2.48. The zero-order valence-corrected chi connectivity index (χ0v) is 45.6. The molecule has 3 amide bonds. The molecule has 16 nitrogen and oxygen atoms in total. The third kappa shape index (κ3) is 12.6. The van der Waals surface area contributed by atoms with Crippen molar-refractivity contribution >= 4 is 68.1 Å². The number of aromatic amines is 2. The maximum Gasteiger partial charge on any atom is 0.261 e. The second-order valence-electron chi connectivity index (χ2n) is 20.2. The van der Waals surface area contributed by atoms with Gasteiger partial charge in [-0.25, -0.2) is 9.37 Å². The average molecular weight is 1070 g/mol. The average Bonchev–Trinajstić information content (AvgIpc) is 4.22. The minimum Gasteiger partial charge on any atom is -0.397 e. The summed E-state index contributed by atoms with van der Waals surface area (Å²) in [6, 6.07) is 38.4. The van der Waals surface area contributed by atoms with E-state index in [1.807, 2.05) is 86.9 Å². The molecule has 7 N–H and O–H groups in total. The van der Waals surface area contributed by atoms with Crippen LogP contribution in [0.25, 0.3) is 54.9 Å². The van der Waals surface area contributed by atoms with Crippen LogP contribution < -0.4 is 32.1 Å². The minimum absolute atomic E-state index is 0.0373. The van der Waals surface area contributed by atoms with Crippen LogP contribution >= 0.6 is 11.3 Å². The van der Waals surface area contributed by atoms with Gasteiger partial charge in [-0.2, -0.15) is 5.06 Å². The van der Waals surface area contributed by atoms with Gasteiger partial charge in [0.05, 0.1) is 44.8 Å². The van der Waals surface area contributed by atoms with Gasteiger partial charge in [-0.3, -0.25) is 33.8 Å². The molecular formula is C60H68FN11O5S. The van der Waals surface area contributed by atoms with Gasteiger partial charge < -0.3 is 36.6 Å². The first kappa shape index (κ1) is 55.0. The van der Waals surface area contributed by atoms with E-state index in [2.05, 4.69) is 88.1 Å². The quantitative estimate of drug-likeness (QED) is 0.0354. The molecule has 9 rings (SSSR count). The molecule has 78 heavy (non-hydrogen) atoms. The number of nitrogen functional groups attached to an aromatic ring is 1. The van der Waals surface area contributed by atoms with E-state index in [9.17, 15) is 23.6 Å². The van der Waals surface area contributed by atoms with Gasteiger partial charge in [0.15, 0.2) is 0 Å². The highest BCUT2D eigenvalue weighted by Crippen LogP contribution is 2.38. The number of H-pyrrole nitrogens is 2. The highest BCUT2D eigenvalue weighted by atomic mass is 32.1. The number of nitrogens with two attached hydrogens (primary N) is 1. The number of amides is 3. The Morgan fingerprint density at radius 1 is 0.885 bits per heavy atom. The molecule has 0 radical (unpaired) electrons. The number of pyridine rings is 1. The van der Waals surface area contributed by atoms with E-state index in [0.29, 0.717) is 50.1 Å². The number of nitrogens with one attached hydrogen (secondary N) is 5. The van der Waals surface area contributed by atoms with Crippen LogP contribution in [-0.4, -0.2) is 121 Å². The molecule has 1 aliphatic rings. The monoisotopic (exact) mass is 1070 g/mol. The highest BCUT2D eigenvalue weighted by molar-refractivity contribution is 7.14. The van der Waals surface area contributed by atoms with E-state index in [-0.39, 0.29) is 46.6 Å². The third-order valence-corrected chi connectivity index (χ3v) is 15.9. The van der Waals surface area contributed by atoms with Gasteiger partial charge in [-0.05, 0) is 95.6 Å². The van der Waals surface area contributed by atoms with Crippen molar-refractivity contribution in [2.75, 3.05) is 89.5 Å². The van der Waals surface area contributed by atoms with Crippen LogP contribution in [0, 0.1) is 11.2 Å². The van der Waals surface area contributed by atoms with Crippen LogP contribution in [0.2, 0.25) is 0 Å². The third-order valence-electron chi connectivity index (χ3n) is 15.0. The summed E-state index contributed by atoms with van der Waals surface area (Å²) in [7, 11) is 5.43. The Labute approximate surface area is 457 Å². The molecule has 8 aromatic rings. The lowest BCUT2D eigenvalue weighted by molar-refractivity contribution is -0.153. The molecule has 1 saturated heterocycles. The first-order chi connectivity index (χ1) is 37.7. The second-order valence-corrected chi connectivity index (χ2v) is 21.1. The van der Waals surface area contributed by atoms with E-state index < -0.39 is 22.8 Å². The van der Waals surface area contributed by atoms with E-state index in [4.69, 9.17) is 10.6 Å². The number of hydrogen-bond donors (Lipinski definition) is 6. The summed E-state index contributed by atoms with van der Waals surface area (Å²) in [4.78, 5) is 77.0. The van der Waals surface area contributed by atoms with Crippen molar-refractivity contribution in [3.8, 4) is 33.0 Å². The predicted molar refractivity (Wildman–Crippen MR) is 310 cm³/mol. The molecule has 406 valence electrons. The Bertz CT molecular complexity index is 3450. The van der Waals surface area contributed by atoms with Gasteiger partial charge in [0.2, 0.25) is 17.7 Å². The van der Waals surface area contributed by atoms with Crippen molar-refractivity contribution < 1.29 is 23.6 Å². The van der Waals surface area contributed by atoms with Gasteiger partial charge in [-0.1, -0.05) is 92.7 Å². The minimum atomic E-state index is -0.694. The molecule has 4 heterocycles. The Morgan fingerprint density at radius 2 is 1.64 bits per heavy atom. The number of carbonyl (C=O) groups excluding carboxylic acids is 3. The number of hydrogen-bond acceptors (Lipinski definition) is 12. The van der Waals surface area contributed by atoms with Crippen LogP contribution in [0.3, 0.4) is 0 Å². The number of aromatic nitrogens is 3. The maximum atomic E-state index is 14.7. The molecule has 18 heteroatoms. The predicted octanol–water partition coefficient (Wildman–Crippen LogP) is 9.04. The lowest BCUT2D eigenvalue weighted by atomic mass is 9.83. The summed E-state index contributed by atoms with van der Waals surface area (Å²) >= 11 is 1.58. The number of anilines is 3. The summed E-state index contributed by atoms with van der Waals surface area (Å²) < 4.78 is 14.7. The number of rotatable bonds is 22. The van der Waals surface area contributed by atoms with Crippen molar-refractivity contribution in [3.05, 3.63) is 154 Å². The molecule has 5 aromatic carbocycles. The van der Waals surface area contributed by atoms with Crippen molar-refractivity contribution in [2.45, 2.75) is 45.7 Å². The molecule has 0 saturated carbocycles. The number of nitrogens with zero attached hydrogens (tertiary/aromatic N) is 5. The summed E-state index contributed by atoms with van der Waals surface area (Å²) in [5.41, 5.74) is 14.0. The normalized spacial score (nSPS) is 14.2. The van der Waals surface area contributed by atoms with Crippen LogP contribution in [0.5, 0.6) is 0 Å². The van der Waals surface area contributed by atoms with Gasteiger partial charge in [-0.15, -0.1) is 11.3 Å². The van der Waals surface area contributed by atoms with E-state index in [1.54, 1.807) is 36.6 Å². The fraction of sp³-hybridized carbons (Fsp3) is 0.317. The van der Waals surface area contributed by atoms with Crippen molar-refractivity contribution in [1.29, 1.82) is 0 Å². The molecule has 1 fully saturated rings. The van der Waals surface area contributed by atoms with Crippen molar-refractivity contribution in [3.63, 3.8) is 0 Å². The largest absolute Gasteiger partial charge is 0.397 e. The number of benzene rings is 5. The standard InChI is InChI=1S/C60H68FN11O5S/c1-6-60(2,59(76)68-48-25-35-78-55(48)43-15-10-14-42(36-43)40-20-18-39(19-21-40)38-69(4)54(58(75)63-3)41-12-8-7-9-13-41)26-34-77-70(5)28-24-50(73)64-27-29-71-30-32-72(33-31-71)44-22-23-46-49(37-44)66-56(65-46)52-53(62)51-45(61)16-11-17-47(51)67-57(52)74/h7-23,25,35-37,54H,6,24,26-34,38H2,1-5H3,(H,63,75)(H,64,73)(H,65,66)(H,68,76)(H3,62,67,74). The number of piperazine rings is 1. The van der Waals surface area contributed by atoms with Crippen LogP contribution in [0.1, 0.15) is 50.3 Å². The van der Waals surface area contributed by atoms with Crippen LogP contribution in [0.4, 0.5) is 21.5 Å². The number of hydroxylamine groups is 2. The molecule has 1 aliphatic heterocycles. The van der Waals surface area contributed by atoms with Crippen LogP contribution in [0.15, 0.2) is 132 Å². The number of halogens is 1. The summed E-state index contributed by atoms with van der Waals surface area (Å²) in [5.74, 6) is -0.431. The Kier molecular flexibility index (Phi) is 17.4. The fourth-order valence-corrected chi connectivity index (χ4v) is 10.9. The maximum absolute atomic E-state index is 14.7. The zero-order valence-electron chi connectivity index (χ0n) is 44.8. The molecule has 0 aliphatic carbocycles. The van der Waals surface area contributed by atoms with Crippen molar-refractivity contribution in [2.24, 2.45) is 5.41 Å². The summed E-state index contributed by atoms with van der Waals surface area (Å²) in [6.45, 7) is 9.76. The van der Waals surface area contributed by atoms with Crippen molar-refractivity contribution in [1.82, 2.24) is 40.4 Å². The second kappa shape index (κ2) is 24.7. The lowest BCUT2D eigenvalue weighted by Gasteiger charge is -2.36.